The third-order valence-corrected chi connectivity index (χ3v) is 5.00. The van der Waals surface area contributed by atoms with Gasteiger partial charge in [0, 0.05) is 17.5 Å². The average Bonchev–Trinajstić information content (AvgIpc) is 2.72. The van der Waals surface area contributed by atoms with E-state index < -0.39 is 48.7 Å². The first-order valence-electron chi connectivity index (χ1n) is 9.51. The molecule has 9 nitrogen and oxygen atoms in total. The number of halogens is 1. The summed E-state index contributed by atoms with van der Waals surface area (Å²) in [5.41, 5.74) is 0.859. The molecule has 0 spiro atoms. The molecule has 0 bridgehead atoms. The molecule has 0 aromatic heterocycles. The molecule has 1 aliphatic heterocycles. The Balaban J connectivity index is 2.34. The molecule has 0 radical (unpaired) electrons. The fourth-order valence-electron chi connectivity index (χ4n) is 2.99. The predicted molar refractivity (Wildman–Crippen MR) is 109 cm³/mol. The maximum absolute atomic E-state index is 12.4. The number of nitrogens with one attached hydrogen (secondary N) is 2. The van der Waals surface area contributed by atoms with Gasteiger partial charge in [0.15, 0.2) is 0 Å². The molecule has 10 heteroatoms. The van der Waals surface area contributed by atoms with Crippen LogP contribution < -0.4 is 10.6 Å². The van der Waals surface area contributed by atoms with Crippen LogP contribution in [0.3, 0.4) is 0 Å². The van der Waals surface area contributed by atoms with E-state index in [1.54, 1.807) is 38.1 Å². The van der Waals surface area contributed by atoms with Gasteiger partial charge in [-0.1, -0.05) is 37.6 Å². The number of aliphatic hydroxyl groups is 3. The lowest BCUT2D eigenvalue weighted by Gasteiger charge is -2.40. The zero-order valence-corrected chi connectivity index (χ0v) is 17.4. The van der Waals surface area contributed by atoms with Crippen LogP contribution in [0.4, 0.5) is 0 Å². The minimum atomic E-state index is -1.64. The molecule has 0 fully saturated rings. The first-order valence-corrected chi connectivity index (χ1v) is 9.88. The van der Waals surface area contributed by atoms with E-state index >= 15 is 0 Å². The minimum absolute atomic E-state index is 0.310. The number of aliphatic carboxylic acids is 1. The van der Waals surface area contributed by atoms with Gasteiger partial charge in [0.05, 0.1) is 18.7 Å². The lowest BCUT2D eigenvalue weighted by molar-refractivity contribution is -0.146. The van der Waals surface area contributed by atoms with Crippen molar-refractivity contribution < 1.29 is 34.8 Å². The highest BCUT2D eigenvalue weighted by Gasteiger charge is 2.43. The molecule has 1 aliphatic rings. The average molecular weight is 443 g/mol. The molecule has 166 valence electrons. The van der Waals surface area contributed by atoms with Crippen LogP contribution >= 0.6 is 11.6 Å². The van der Waals surface area contributed by atoms with Gasteiger partial charge >= 0.3 is 5.97 Å². The molecule has 0 saturated carbocycles. The van der Waals surface area contributed by atoms with Gasteiger partial charge in [0.1, 0.15) is 18.3 Å². The van der Waals surface area contributed by atoms with E-state index in [0.29, 0.717) is 11.6 Å². The molecule has 1 aromatic carbocycles. The van der Waals surface area contributed by atoms with Crippen molar-refractivity contribution in [2.24, 2.45) is 5.92 Å². The Morgan fingerprint density at radius 1 is 1.20 bits per heavy atom. The van der Waals surface area contributed by atoms with Crippen molar-refractivity contribution >= 4 is 23.5 Å². The number of benzene rings is 1. The normalized spacial score (nSPS) is 23.3. The monoisotopic (exact) mass is 442 g/mol. The van der Waals surface area contributed by atoms with Gasteiger partial charge in [-0.3, -0.25) is 4.79 Å². The quantitative estimate of drug-likeness (QED) is 0.313. The maximum atomic E-state index is 12.4. The number of hydrogen-bond acceptors (Lipinski definition) is 7. The number of carbonyl (C=O) groups is 2. The summed E-state index contributed by atoms with van der Waals surface area (Å²) in [6.45, 7) is 2.91. The molecule has 30 heavy (non-hydrogen) atoms. The van der Waals surface area contributed by atoms with Gasteiger partial charge in [-0.05, 0) is 23.8 Å². The largest absolute Gasteiger partial charge is 0.478 e. The molecule has 0 aliphatic carbocycles. The Bertz CT molecular complexity index is 769. The van der Waals surface area contributed by atoms with Gasteiger partial charge < -0.3 is 35.8 Å². The molecule has 1 heterocycles. The Morgan fingerprint density at radius 2 is 1.83 bits per heavy atom. The number of hydrogen-bond donors (Lipinski definition) is 6. The van der Waals surface area contributed by atoms with Crippen LogP contribution in [-0.4, -0.2) is 69.3 Å². The van der Waals surface area contributed by atoms with Crippen molar-refractivity contribution in [3.8, 4) is 0 Å². The second-order valence-corrected chi connectivity index (χ2v) is 7.82. The van der Waals surface area contributed by atoms with Crippen molar-refractivity contribution in [3.05, 3.63) is 46.7 Å². The summed E-state index contributed by atoms with van der Waals surface area (Å²) >= 11 is 5.89. The lowest BCUT2D eigenvalue weighted by atomic mass is 9.91. The summed E-state index contributed by atoms with van der Waals surface area (Å²) in [6.07, 6.45) is -3.24. The van der Waals surface area contributed by atoms with Crippen LogP contribution in [0, 0.1) is 5.92 Å². The predicted octanol–water partition coefficient (Wildman–Crippen LogP) is 0.0204. The highest BCUT2D eigenvalue weighted by molar-refractivity contribution is 6.30. The summed E-state index contributed by atoms with van der Waals surface area (Å²) < 4.78 is 5.39. The molecule has 6 N–H and O–H groups in total. The second-order valence-electron chi connectivity index (χ2n) is 7.38. The standard InChI is InChI=1S/C20H27ClN2O7/c1-10(2)19(27)23-16-13(22-8-11-3-5-12(21)6-4-11)7-15(20(28)29)30-18(16)17(26)14(25)9-24/h3-7,10,13-14,16-18,22,24-26H,8-9H2,1-2H3,(H,23,27)(H,28,29)/t13-,14+,16+,17+,18+/m0/s1. The molecule has 1 aromatic rings. The van der Waals surface area contributed by atoms with Gasteiger partial charge in [-0.2, -0.15) is 0 Å². The molecular weight excluding hydrogens is 416 g/mol. The van der Waals surface area contributed by atoms with Crippen molar-refractivity contribution in [2.75, 3.05) is 6.61 Å². The first-order chi connectivity index (χ1) is 14.1. The molecular formula is C20H27ClN2O7. The number of carboxylic acid groups (broad SMARTS) is 1. The van der Waals surface area contributed by atoms with Crippen LogP contribution in [-0.2, 0) is 20.9 Å². The van der Waals surface area contributed by atoms with Gasteiger partial charge in [-0.15, -0.1) is 0 Å². The highest BCUT2D eigenvalue weighted by Crippen LogP contribution is 2.24. The smallest absolute Gasteiger partial charge is 0.370 e. The number of rotatable bonds is 9. The van der Waals surface area contributed by atoms with E-state index in [1.807, 2.05) is 0 Å². The number of carboxylic acids is 1. The Hall–Kier alpha value is -2.17. The Morgan fingerprint density at radius 3 is 2.37 bits per heavy atom. The molecule has 1 amide bonds. The Kier molecular flexibility index (Phi) is 8.63. The summed E-state index contributed by atoms with van der Waals surface area (Å²) in [5.74, 6) is -2.53. The van der Waals surface area contributed by atoms with Crippen LogP contribution in [0.5, 0.6) is 0 Å². The van der Waals surface area contributed by atoms with E-state index in [1.165, 1.54) is 6.08 Å². The molecule has 5 atom stereocenters. The number of amides is 1. The van der Waals surface area contributed by atoms with E-state index in [2.05, 4.69) is 10.6 Å². The number of aliphatic hydroxyl groups excluding tert-OH is 3. The SMILES string of the molecule is CC(C)C(=O)N[C@H]1[C@H]([C@H](O)[C@H](O)CO)OC(C(=O)O)=C[C@@H]1NCc1ccc(Cl)cc1. The number of ether oxygens (including phenoxy) is 1. The van der Waals surface area contributed by atoms with Crippen molar-refractivity contribution in [1.82, 2.24) is 10.6 Å². The molecule has 0 saturated heterocycles. The van der Waals surface area contributed by atoms with E-state index in [-0.39, 0.29) is 11.8 Å². The second kappa shape index (κ2) is 10.7. The third kappa shape index (κ3) is 6.16. The van der Waals surface area contributed by atoms with Crippen molar-refractivity contribution in [2.45, 2.75) is 50.8 Å². The van der Waals surface area contributed by atoms with E-state index in [0.717, 1.165) is 5.56 Å². The van der Waals surface area contributed by atoms with Crippen LogP contribution in [0.25, 0.3) is 0 Å². The van der Waals surface area contributed by atoms with Gasteiger partial charge in [-0.25, -0.2) is 4.79 Å². The van der Waals surface area contributed by atoms with Gasteiger partial charge in [0.25, 0.3) is 0 Å². The van der Waals surface area contributed by atoms with E-state index in [9.17, 15) is 30.0 Å². The summed E-state index contributed by atoms with van der Waals surface area (Å²) in [4.78, 5) is 23.9. The highest BCUT2D eigenvalue weighted by atomic mass is 35.5. The molecule has 0 unspecified atom stereocenters. The zero-order chi connectivity index (χ0) is 22.4. The van der Waals surface area contributed by atoms with Crippen molar-refractivity contribution in [3.63, 3.8) is 0 Å². The summed E-state index contributed by atoms with van der Waals surface area (Å²) in [7, 11) is 0. The number of carbonyl (C=O) groups excluding carboxylic acids is 1. The minimum Gasteiger partial charge on any atom is -0.478 e. The first kappa shape index (κ1) is 24.1. The van der Waals surface area contributed by atoms with Crippen LogP contribution in [0.1, 0.15) is 19.4 Å². The summed E-state index contributed by atoms with van der Waals surface area (Å²) in [6, 6.07) is 5.35. The third-order valence-electron chi connectivity index (χ3n) is 4.75. The lowest BCUT2D eigenvalue weighted by Crippen LogP contribution is -2.63. The fourth-order valence-corrected chi connectivity index (χ4v) is 3.11. The van der Waals surface area contributed by atoms with Gasteiger partial charge in [0.2, 0.25) is 11.7 Å². The van der Waals surface area contributed by atoms with Crippen LogP contribution in [0.2, 0.25) is 5.02 Å². The summed E-state index contributed by atoms with van der Waals surface area (Å²) in [5, 5.41) is 45.4. The topological polar surface area (TPSA) is 148 Å². The fraction of sp³-hybridized carbons (Fsp3) is 0.500. The van der Waals surface area contributed by atoms with E-state index in [4.69, 9.17) is 16.3 Å². The van der Waals surface area contributed by atoms with Crippen LogP contribution in [0.15, 0.2) is 36.1 Å². The molecule has 2 rings (SSSR count). The zero-order valence-electron chi connectivity index (χ0n) is 16.7. The Labute approximate surface area is 179 Å². The van der Waals surface area contributed by atoms with Crippen molar-refractivity contribution in [1.29, 1.82) is 0 Å². The maximum Gasteiger partial charge on any atom is 0.370 e.